The van der Waals surface area contributed by atoms with E-state index in [1.54, 1.807) is 6.33 Å². The summed E-state index contributed by atoms with van der Waals surface area (Å²) in [6.07, 6.45) is 5.76. The zero-order chi connectivity index (χ0) is 10.7. The minimum absolute atomic E-state index is 0.254. The molecule has 1 aromatic heterocycles. The van der Waals surface area contributed by atoms with E-state index in [9.17, 15) is 0 Å². The van der Waals surface area contributed by atoms with E-state index in [1.165, 1.54) is 0 Å². The van der Waals surface area contributed by atoms with Crippen LogP contribution in [0.4, 0.5) is 0 Å². The first-order valence-corrected chi connectivity index (χ1v) is 5.51. The van der Waals surface area contributed by atoms with Crippen LogP contribution in [0.2, 0.25) is 0 Å². The van der Waals surface area contributed by atoms with Gasteiger partial charge in [0.1, 0.15) is 12.4 Å². The van der Waals surface area contributed by atoms with Crippen LogP contribution in [0.3, 0.4) is 0 Å². The monoisotopic (exact) mass is 207 g/mol. The molecule has 15 heavy (non-hydrogen) atoms. The fourth-order valence-corrected chi connectivity index (χ4v) is 1.71. The van der Waals surface area contributed by atoms with Gasteiger partial charge in [0.05, 0.1) is 0 Å². The third-order valence-corrected chi connectivity index (χ3v) is 2.62. The number of aryl methyl sites for hydroxylation is 1. The molecule has 82 valence electrons. The molecule has 2 rings (SSSR count). The maximum Gasteiger partial charge on any atom is 0.216 e. The van der Waals surface area contributed by atoms with Crippen LogP contribution in [-0.4, -0.2) is 22.1 Å². The van der Waals surface area contributed by atoms with Gasteiger partial charge in [0.2, 0.25) is 5.88 Å². The molecule has 0 atom stereocenters. The normalized spacial score (nSPS) is 24.7. The summed E-state index contributed by atoms with van der Waals surface area (Å²) in [4.78, 5) is 8.27. The molecule has 1 saturated carbocycles. The maximum atomic E-state index is 5.69. The van der Waals surface area contributed by atoms with Crippen molar-refractivity contribution in [2.75, 3.05) is 0 Å². The highest BCUT2D eigenvalue weighted by Gasteiger charge is 2.27. The molecule has 4 heteroatoms. The minimum atomic E-state index is 0.254. The summed E-state index contributed by atoms with van der Waals surface area (Å²) < 4.78 is 5.68. The van der Waals surface area contributed by atoms with E-state index in [4.69, 9.17) is 10.5 Å². The van der Waals surface area contributed by atoms with Crippen molar-refractivity contribution < 1.29 is 4.74 Å². The van der Waals surface area contributed by atoms with Crippen molar-refractivity contribution in [2.24, 2.45) is 5.73 Å². The predicted molar refractivity (Wildman–Crippen MR) is 57.7 cm³/mol. The smallest absolute Gasteiger partial charge is 0.216 e. The summed E-state index contributed by atoms with van der Waals surface area (Å²) in [6.45, 7) is 2.13. The van der Waals surface area contributed by atoms with Crippen LogP contribution in [0.1, 0.15) is 31.9 Å². The molecular weight excluding hydrogens is 190 g/mol. The van der Waals surface area contributed by atoms with Gasteiger partial charge in [-0.05, 0) is 19.3 Å². The summed E-state index contributed by atoms with van der Waals surface area (Å²) in [5.74, 6) is 0.686. The van der Waals surface area contributed by atoms with Crippen molar-refractivity contribution in [2.45, 2.75) is 44.8 Å². The Morgan fingerprint density at radius 1 is 1.47 bits per heavy atom. The largest absolute Gasteiger partial charge is 0.474 e. The highest BCUT2D eigenvalue weighted by Crippen LogP contribution is 2.23. The van der Waals surface area contributed by atoms with Crippen LogP contribution in [0.25, 0.3) is 0 Å². The van der Waals surface area contributed by atoms with Gasteiger partial charge in [-0.15, -0.1) is 0 Å². The molecule has 1 fully saturated rings. The van der Waals surface area contributed by atoms with Crippen LogP contribution in [-0.2, 0) is 6.42 Å². The van der Waals surface area contributed by atoms with Gasteiger partial charge in [-0.25, -0.2) is 9.97 Å². The first-order chi connectivity index (χ1) is 7.28. The predicted octanol–water partition coefficient (Wildman–Crippen LogP) is 1.30. The minimum Gasteiger partial charge on any atom is -0.474 e. The molecule has 0 unspecified atom stereocenters. The van der Waals surface area contributed by atoms with Crippen molar-refractivity contribution in [3.8, 4) is 5.88 Å². The molecule has 0 bridgehead atoms. The molecule has 0 saturated heterocycles. The molecule has 0 amide bonds. The first kappa shape index (κ1) is 10.4. The summed E-state index contributed by atoms with van der Waals surface area (Å²) >= 11 is 0. The molecule has 1 heterocycles. The zero-order valence-corrected chi connectivity index (χ0v) is 9.02. The summed E-state index contributed by atoms with van der Waals surface area (Å²) in [5, 5.41) is 0. The van der Waals surface area contributed by atoms with E-state index in [1.807, 2.05) is 6.07 Å². The average molecular weight is 207 g/mol. The Morgan fingerprint density at radius 2 is 2.27 bits per heavy atom. The summed E-state index contributed by atoms with van der Waals surface area (Å²) in [5.41, 5.74) is 6.73. The number of nitrogens with zero attached hydrogens (tertiary/aromatic N) is 2. The van der Waals surface area contributed by atoms with E-state index in [2.05, 4.69) is 16.9 Å². The van der Waals surface area contributed by atoms with Gasteiger partial charge in [0.25, 0.3) is 0 Å². The third kappa shape index (κ3) is 2.65. The van der Waals surface area contributed by atoms with Gasteiger partial charge in [0.15, 0.2) is 0 Å². The lowest BCUT2D eigenvalue weighted by Crippen LogP contribution is -2.43. The number of hydrogen-bond donors (Lipinski definition) is 1. The molecule has 0 spiro atoms. The average Bonchev–Trinajstić information content (AvgIpc) is 2.17. The Kier molecular flexibility index (Phi) is 3.16. The van der Waals surface area contributed by atoms with E-state index >= 15 is 0 Å². The molecule has 2 N–H and O–H groups in total. The second-order valence-corrected chi connectivity index (χ2v) is 4.07. The van der Waals surface area contributed by atoms with Crippen molar-refractivity contribution in [1.29, 1.82) is 0 Å². The Balaban J connectivity index is 1.93. The fraction of sp³-hybridized carbons (Fsp3) is 0.636. The second-order valence-electron chi connectivity index (χ2n) is 4.07. The Bertz CT molecular complexity index is 323. The van der Waals surface area contributed by atoms with Gasteiger partial charge < -0.3 is 10.5 Å². The Hall–Kier alpha value is -1.16. The van der Waals surface area contributed by atoms with Crippen molar-refractivity contribution in [1.82, 2.24) is 9.97 Å². The highest BCUT2D eigenvalue weighted by molar-refractivity contribution is 5.14. The first-order valence-electron chi connectivity index (χ1n) is 5.51. The fourth-order valence-electron chi connectivity index (χ4n) is 1.71. The maximum absolute atomic E-state index is 5.69. The van der Waals surface area contributed by atoms with Crippen LogP contribution in [0.15, 0.2) is 12.4 Å². The van der Waals surface area contributed by atoms with Crippen LogP contribution in [0, 0.1) is 0 Å². The number of rotatable bonds is 4. The van der Waals surface area contributed by atoms with E-state index < -0.39 is 0 Å². The van der Waals surface area contributed by atoms with E-state index in [0.29, 0.717) is 11.9 Å². The van der Waals surface area contributed by atoms with E-state index in [-0.39, 0.29) is 6.10 Å². The van der Waals surface area contributed by atoms with Gasteiger partial charge in [-0.2, -0.15) is 0 Å². The SMILES string of the molecule is CCCc1cc(OC2CC(N)C2)ncn1. The number of nitrogens with two attached hydrogens (primary N) is 1. The molecule has 0 aromatic carbocycles. The van der Waals surface area contributed by atoms with Gasteiger partial charge in [-0.1, -0.05) is 13.3 Å². The second kappa shape index (κ2) is 4.57. The Labute approximate surface area is 89.9 Å². The Morgan fingerprint density at radius 3 is 2.93 bits per heavy atom. The summed E-state index contributed by atoms with van der Waals surface area (Å²) in [6, 6.07) is 2.24. The number of aromatic nitrogens is 2. The van der Waals surface area contributed by atoms with E-state index in [0.717, 1.165) is 31.4 Å². The van der Waals surface area contributed by atoms with Crippen molar-refractivity contribution in [3.63, 3.8) is 0 Å². The van der Waals surface area contributed by atoms with Gasteiger partial charge in [-0.3, -0.25) is 0 Å². The van der Waals surface area contributed by atoms with Crippen molar-refractivity contribution in [3.05, 3.63) is 18.1 Å². The van der Waals surface area contributed by atoms with Crippen LogP contribution < -0.4 is 10.5 Å². The standard InChI is InChI=1S/C11H17N3O/c1-2-3-9-6-11(14-7-13-9)15-10-4-8(12)5-10/h6-8,10H,2-5,12H2,1H3. The lowest BCUT2D eigenvalue weighted by Gasteiger charge is -2.32. The number of hydrogen-bond acceptors (Lipinski definition) is 4. The molecule has 1 aliphatic carbocycles. The third-order valence-electron chi connectivity index (χ3n) is 2.62. The lowest BCUT2D eigenvalue weighted by atomic mass is 9.90. The lowest BCUT2D eigenvalue weighted by molar-refractivity contribution is 0.0955. The number of ether oxygens (including phenoxy) is 1. The molecule has 4 nitrogen and oxygen atoms in total. The molecular formula is C11H17N3O. The van der Waals surface area contributed by atoms with Crippen molar-refractivity contribution >= 4 is 0 Å². The van der Waals surface area contributed by atoms with Crippen LogP contribution in [0.5, 0.6) is 5.88 Å². The molecule has 1 aliphatic rings. The zero-order valence-electron chi connectivity index (χ0n) is 9.02. The van der Waals surface area contributed by atoms with Gasteiger partial charge in [0, 0.05) is 17.8 Å². The molecule has 0 aliphatic heterocycles. The van der Waals surface area contributed by atoms with Gasteiger partial charge >= 0.3 is 0 Å². The quantitative estimate of drug-likeness (QED) is 0.808. The topological polar surface area (TPSA) is 61.0 Å². The van der Waals surface area contributed by atoms with Crippen LogP contribution >= 0.6 is 0 Å². The summed E-state index contributed by atoms with van der Waals surface area (Å²) in [7, 11) is 0. The highest BCUT2D eigenvalue weighted by atomic mass is 16.5. The molecule has 1 aromatic rings. The molecule has 0 radical (unpaired) electrons.